The van der Waals surface area contributed by atoms with Crippen molar-refractivity contribution in [2.45, 2.75) is 26.8 Å². The Morgan fingerprint density at radius 1 is 0.969 bits per heavy atom. The van der Waals surface area contributed by atoms with Crippen molar-refractivity contribution in [2.24, 2.45) is 0 Å². The van der Waals surface area contributed by atoms with Crippen LogP contribution in [0.3, 0.4) is 0 Å². The van der Waals surface area contributed by atoms with Gasteiger partial charge >= 0.3 is 11.9 Å². The van der Waals surface area contributed by atoms with Gasteiger partial charge in [0.15, 0.2) is 0 Å². The first-order valence-corrected chi connectivity index (χ1v) is 10.1. The maximum absolute atomic E-state index is 12.9. The van der Waals surface area contributed by atoms with Crippen LogP contribution in [0.15, 0.2) is 53.3 Å². The molecule has 2 aromatic carbocycles. The molecule has 1 aromatic heterocycles. The molecule has 0 radical (unpaired) electrons. The summed E-state index contributed by atoms with van der Waals surface area (Å²) in [6, 6.07) is 11.6. The van der Waals surface area contributed by atoms with Crippen LogP contribution < -0.4 is 10.9 Å². The maximum atomic E-state index is 12.9. The van der Waals surface area contributed by atoms with E-state index in [1.165, 1.54) is 16.7 Å². The van der Waals surface area contributed by atoms with Gasteiger partial charge in [-0.1, -0.05) is 12.1 Å². The number of hydrogen-bond donors (Lipinski definition) is 1. The smallest absolute Gasteiger partial charge is 0.340 e. The largest absolute Gasteiger partial charge is 0.464 e. The lowest BCUT2D eigenvalue weighted by atomic mass is 10.1. The van der Waals surface area contributed by atoms with Crippen molar-refractivity contribution in [1.82, 2.24) is 14.9 Å². The molecular weight excluding hydrogens is 414 g/mol. The Bertz CT molecular complexity index is 1200. The molecule has 1 amide bonds. The molecule has 1 heterocycles. The zero-order chi connectivity index (χ0) is 23.3. The van der Waals surface area contributed by atoms with Crippen LogP contribution in [0.1, 0.15) is 30.0 Å². The Hall–Kier alpha value is -4.01. The van der Waals surface area contributed by atoms with Crippen molar-refractivity contribution in [3.05, 3.63) is 70.3 Å². The van der Waals surface area contributed by atoms with Crippen LogP contribution in [0.5, 0.6) is 0 Å². The molecule has 0 aliphatic carbocycles. The topological polar surface area (TPSA) is 117 Å². The normalized spacial score (nSPS) is 10.8. The van der Waals surface area contributed by atoms with Crippen molar-refractivity contribution < 1.29 is 23.9 Å². The SMILES string of the molecule is CCOC(=O)C(NC(=O)c1ccc(-n2c(C)nc3ccccc3c2=O)cc1)C(=O)OCC. The number of fused-ring (bicyclic) bond motifs is 1. The van der Waals surface area contributed by atoms with E-state index in [-0.39, 0.29) is 24.3 Å². The molecule has 32 heavy (non-hydrogen) atoms. The van der Waals surface area contributed by atoms with Gasteiger partial charge in [0, 0.05) is 5.56 Å². The lowest BCUT2D eigenvalue weighted by molar-refractivity contribution is -0.157. The number of nitrogens with one attached hydrogen (secondary N) is 1. The molecular formula is C23H23N3O6. The Morgan fingerprint density at radius 2 is 1.56 bits per heavy atom. The molecule has 3 rings (SSSR count). The monoisotopic (exact) mass is 437 g/mol. The van der Waals surface area contributed by atoms with Gasteiger partial charge < -0.3 is 14.8 Å². The Balaban J connectivity index is 1.87. The average Bonchev–Trinajstić information content (AvgIpc) is 2.78. The lowest BCUT2D eigenvalue weighted by Gasteiger charge is -2.16. The van der Waals surface area contributed by atoms with Crippen molar-refractivity contribution in [3.63, 3.8) is 0 Å². The summed E-state index contributed by atoms with van der Waals surface area (Å²) in [5.41, 5.74) is 1.09. The fraction of sp³-hybridized carbons (Fsp3) is 0.261. The van der Waals surface area contributed by atoms with Gasteiger partial charge in [-0.05, 0) is 57.2 Å². The average molecular weight is 437 g/mol. The number of para-hydroxylation sites is 1. The number of carbonyl (C=O) groups is 3. The quantitative estimate of drug-likeness (QED) is 0.443. The standard InChI is InChI=1S/C23H23N3O6/c1-4-31-22(29)19(23(30)32-5-2)25-20(27)15-10-12-16(13-11-15)26-14(3)24-18-9-7-6-8-17(18)21(26)28/h6-13,19H,4-5H2,1-3H3,(H,25,27). The van der Waals surface area contributed by atoms with E-state index in [1.807, 2.05) is 6.07 Å². The number of esters is 2. The number of ether oxygens (including phenoxy) is 2. The summed E-state index contributed by atoms with van der Waals surface area (Å²) in [5.74, 6) is -1.97. The predicted molar refractivity (Wildman–Crippen MR) is 117 cm³/mol. The van der Waals surface area contributed by atoms with E-state index in [9.17, 15) is 19.2 Å². The van der Waals surface area contributed by atoms with Crippen LogP contribution in [0.25, 0.3) is 16.6 Å². The number of benzene rings is 2. The molecule has 0 unspecified atom stereocenters. The Morgan fingerprint density at radius 3 is 2.16 bits per heavy atom. The maximum Gasteiger partial charge on any atom is 0.340 e. The Labute approximate surface area is 184 Å². The fourth-order valence-corrected chi connectivity index (χ4v) is 3.19. The van der Waals surface area contributed by atoms with Gasteiger partial charge in [0.1, 0.15) is 5.82 Å². The van der Waals surface area contributed by atoms with Crippen molar-refractivity contribution in [3.8, 4) is 5.69 Å². The lowest BCUT2D eigenvalue weighted by Crippen LogP contribution is -2.48. The van der Waals surface area contributed by atoms with Gasteiger partial charge in [-0.15, -0.1) is 0 Å². The number of hydrogen-bond acceptors (Lipinski definition) is 7. The fourth-order valence-electron chi connectivity index (χ4n) is 3.19. The van der Waals surface area contributed by atoms with Gasteiger partial charge in [0.2, 0.25) is 6.04 Å². The van der Waals surface area contributed by atoms with Gasteiger partial charge in [0.25, 0.3) is 11.5 Å². The van der Waals surface area contributed by atoms with Crippen molar-refractivity contribution >= 4 is 28.7 Å². The van der Waals surface area contributed by atoms with E-state index in [1.54, 1.807) is 51.1 Å². The minimum absolute atomic E-state index is 0.0488. The molecule has 166 valence electrons. The molecule has 9 heteroatoms. The third-order valence-corrected chi connectivity index (χ3v) is 4.65. The third-order valence-electron chi connectivity index (χ3n) is 4.65. The summed E-state index contributed by atoms with van der Waals surface area (Å²) >= 11 is 0. The van der Waals surface area contributed by atoms with Crippen LogP contribution in [-0.4, -0.2) is 46.7 Å². The molecule has 3 aromatic rings. The van der Waals surface area contributed by atoms with Crippen molar-refractivity contribution in [1.29, 1.82) is 0 Å². The Kier molecular flexibility index (Phi) is 6.99. The van der Waals surface area contributed by atoms with Crippen molar-refractivity contribution in [2.75, 3.05) is 13.2 Å². The number of carbonyl (C=O) groups excluding carboxylic acids is 3. The highest BCUT2D eigenvalue weighted by Crippen LogP contribution is 2.14. The first-order valence-electron chi connectivity index (χ1n) is 10.1. The van der Waals surface area contributed by atoms with Crippen LogP contribution in [0.4, 0.5) is 0 Å². The summed E-state index contributed by atoms with van der Waals surface area (Å²) in [6.07, 6.45) is 0. The number of aromatic nitrogens is 2. The summed E-state index contributed by atoms with van der Waals surface area (Å²) < 4.78 is 11.1. The minimum atomic E-state index is -1.57. The van der Waals surface area contributed by atoms with E-state index in [4.69, 9.17) is 9.47 Å². The third kappa shape index (κ3) is 4.66. The molecule has 0 fully saturated rings. The van der Waals surface area contributed by atoms with Gasteiger partial charge in [-0.25, -0.2) is 14.6 Å². The highest BCUT2D eigenvalue weighted by molar-refractivity contribution is 6.05. The van der Waals surface area contributed by atoms with E-state index in [0.29, 0.717) is 22.4 Å². The van der Waals surface area contributed by atoms with Crippen LogP contribution >= 0.6 is 0 Å². The summed E-state index contributed by atoms with van der Waals surface area (Å²) in [4.78, 5) is 54.1. The summed E-state index contributed by atoms with van der Waals surface area (Å²) in [6.45, 7) is 5.00. The van der Waals surface area contributed by atoms with Crippen LogP contribution in [0, 0.1) is 6.92 Å². The zero-order valence-corrected chi connectivity index (χ0v) is 18.0. The molecule has 0 saturated heterocycles. The van der Waals surface area contributed by atoms with Crippen LogP contribution in [-0.2, 0) is 19.1 Å². The molecule has 1 N–H and O–H groups in total. The molecule has 9 nitrogen and oxygen atoms in total. The van der Waals surface area contributed by atoms with Gasteiger partial charge in [0.05, 0.1) is 29.8 Å². The molecule has 0 spiro atoms. The van der Waals surface area contributed by atoms with Gasteiger partial charge in [-0.3, -0.25) is 14.2 Å². The molecule has 0 bridgehead atoms. The summed E-state index contributed by atoms with van der Waals surface area (Å²) in [7, 11) is 0. The second-order valence-electron chi connectivity index (χ2n) is 6.77. The van der Waals surface area contributed by atoms with E-state index in [0.717, 1.165) is 0 Å². The minimum Gasteiger partial charge on any atom is -0.464 e. The first kappa shape index (κ1) is 22.7. The second kappa shape index (κ2) is 9.86. The van der Waals surface area contributed by atoms with E-state index >= 15 is 0 Å². The molecule has 0 saturated carbocycles. The second-order valence-corrected chi connectivity index (χ2v) is 6.77. The van der Waals surface area contributed by atoms with Gasteiger partial charge in [-0.2, -0.15) is 0 Å². The number of aryl methyl sites for hydroxylation is 1. The van der Waals surface area contributed by atoms with E-state index < -0.39 is 23.9 Å². The first-order chi connectivity index (χ1) is 15.4. The predicted octanol–water partition coefficient (Wildman–Crippen LogP) is 1.92. The van der Waals surface area contributed by atoms with E-state index in [2.05, 4.69) is 10.3 Å². The summed E-state index contributed by atoms with van der Waals surface area (Å²) in [5, 5.41) is 2.82. The highest BCUT2D eigenvalue weighted by Gasteiger charge is 2.31. The molecule has 0 atom stereocenters. The molecule has 0 aliphatic heterocycles. The number of amides is 1. The number of nitrogens with zero attached hydrogens (tertiary/aromatic N) is 2. The van der Waals surface area contributed by atoms with Crippen LogP contribution in [0.2, 0.25) is 0 Å². The highest BCUT2D eigenvalue weighted by atomic mass is 16.6. The zero-order valence-electron chi connectivity index (χ0n) is 18.0. The molecule has 0 aliphatic rings. The number of rotatable bonds is 7.